The van der Waals surface area contributed by atoms with Crippen molar-refractivity contribution in [3.63, 3.8) is 0 Å². The van der Waals surface area contributed by atoms with Crippen molar-refractivity contribution in [1.29, 1.82) is 0 Å². The van der Waals surface area contributed by atoms with Crippen LogP contribution in [0.1, 0.15) is 51.3 Å². The van der Waals surface area contributed by atoms with E-state index < -0.39 is 5.60 Å². The lowest BCUT2D eigenvalue weighted by molar-refractivity contribution is -0.122. The zero-order valence-electron chi connectivity index (χ0n) is 17.1. The molecule has 156 valence electrons. The van der Waals surface area contributed by atoms with Crippen LogP contribution < -0.4 is 15.6 Å². The SMILES string of the molecule is CCCC(=O)NC1CCC(Oc2ccncc2)(c2nc3ccccc3c(=O)[nH]2)CC1. The number of para-hydroxylation sites is 1. The quantitative estimate of drug-likeness (QED) is 0.653. The molecule has 0 spiro atoms. The minimum Gasteiger partial charge on any atom is -0.479 e. The van der Waals surface area contributed by atoms with Gasteiger partial charge in [-0.3, -0.25) is 14.6 Å². The van der Waals surface area contributed by atoms with Crippen molar-refractivity contribution in [1.82, 2.24) is 20.3 Å². The predicted molar refractivity (Wildman–Crippen MR) is 114 cm³/mol. The fraction of sp³-hybridized carbons (Fsp3) is 0.391. The molecule has 1 aliphatic rings. The number of nitrogens with one attached hydrogen (secondary N) is 2. The number of H-pyrrole nitrogens is 1. The van der Waals surface area contributed by atoms with Gasteiger partial charge in [-0.15, -0.1) is 0 Å². The van der Waals surface area contributed by atoms with Crippen LogP contribution in [0.15, 0.2) is 53.6 Å². The van der Waals surface area contributed by atoms with E-state index in [-0.39, 0.29) is 17.5 Å². The van der Waals surface area contributed by atoms with Crippen LogP contribution in [0.3, 0.4) is 0 Å². The van der Waals surface area contributed by atoms with Crippen LogP contribution in [0.5, 0.6) is 5.75 Å². The summed E-state index contributed by atoms with van der Waals surface area (Å²) in [6.07, 6.45) is 7.48. The number of ether oxygens (including phenoxy) is 1. The molecule has 1 aliphatic carbocycles. The van der Waals surface area contributed by atoms with Gasteiger partial charge in [-0.05, 0) is 56.4 Å². The molecular formula is C23H26N4O3. The Morgan fingerprint density at radius 3 is 2.67 bits per heavy atom. The van der Waals surface area contributed by atoms with E-state index in [1.165, 1.54) is 0 Å². The number of rotatable bonds is 6. The number of carbonyl (C=O) groups excluding carboxylic acids is 1. The fourth-order valence-corrected chi connectivity index (χ4v) is 4.08. The van der Waals surface area contributed by atoms with Gasteiger partial charge in [0.2, 0.25) is 5.91 Å². The van der Waals surface area contributed by atoms with Crippen molar-refractivity contribution in [3.8, 4) is 5.75 Å². The number of fused-ring (bicyclic) bond motifs is 1. The molecule has 0 unspecified atom stereocenters. The van der Waals surface area contributed by atoms with Crippen LogP contribution in [-0.2, 0) is 10.4 Å². The minimum absolute atomic E-state index is 0.0855. The third-order valence-electron chi connectivity index (χ3n) is 5.64. The molecule has 2 heterocycles. The first-order valence-electron chi connectivity index (χ1n) is 10.5. The molecule has 0 aliphatic heterocycles. The number of hydrogen-bond acceptors (Lipinski definition) is 5. The van der Waals surface area contributed by atoms with Crippen molar-refractivity contribution < 1.29 is 9.53 Å². The molecule has 2 N–H and O–H groups in total. The van der Waals surface area contributed by atoms with E-state index in [4.69, 9.17) is 9.72 Å². The molecule has 0 atom stereocenters. The predicted octanol–water partition coefficient (Wildman–Crippen LogP) is 3.45. The van der Waals surface area contributed by atoms with Crippen molar-refractivity contribution in [3.05, 3.63) is 65.0 Å². The second-order valence-electron chi connectivity index (χ2n) is 7.80. The number of aromatic amines is 1. The standard InChI is InChI=1S/C23H26N4O3/c1-2-5-20(28)25-16-8-12-23(13-9-16,30-17-10-14-24-15-11-17)22-26-19-7-4-3-6-18(19)21(29)27-22/h3-4,6-7,10-11,14-16H,2,5,8-9,12-13H2,1H3,(H,25,28)(H,26,27,29). The van der Waals surface area contributed by atoms with Gasteiger partial charge >= 0.3 is 0 Å². The Morgan fingerprint density at radius 2 is 1.93 bits per heavy atom. The highest BCUT2D eigenvalue weighted by Crippen LogP contribution is 2.39. The van der Waals surface area contributed by atoms with E-state index in [0.717, 1.165) is 19.3 Å². The van der Waals surface area contributed by atoms with Gasteiger partial charge in [0.25, 0.3) is 5.56 Å². The third-order valence-corrected chi connectivity index (χ3v) is 5.64. The highest BCUT2D eigenvalue weighted by molar-refractivity contribution is 5.77. The van der Waals surface area contributed by atoms with E-state index in [0.29, 0.717) is 41.7 Å². The zero-order chi connectivity index (χ0) is 21.0. The lowest BCUT2D eigenvalue weighted by atomic mass is 9.81. The van der Waals surface area contributed by atoms with E-state index in [9.17, 15) is 9.59 Å². The molecule has 0 saturated heterocycles. The lowest BCUT2D eigenvalue weighted by Crippen LogP contribution is -2.46. The second kappa shape index (κ2) is 8.65. The van der Waals surface area contributed by atoms with Crippen LogP contribution in [0.2, 0.25) is 0 Å². The number of carbonyl (C=O) groups is 1. The number of pyridine rings is 1. The summed E-state index contributed by atoms with van der Waals surface area (Å²) in [6.45, 7) is 2.00. The average molecular weight is 406 g/mol. The van der Waals surface area contributed by atoms with E-state index in [2.05, 4.69) is 15.3 Å². The molecule has 0 bridgehead atoms. The molecule has 4 rings (SSSR count). The lowest BCUT2D eigenvalue weighted by Gasteiger charge is -2.39. The first kappa shape index (κ1) is 20.1. The topological polar surface area (TPSA) is 97.0 Å². The van der Waals surface area contributed by atoms with Crippen LogP contribution in [0.4, 0.5) is 0 Å². The summed E-state index contributed by atoms with van der Waals surface area (Å²) in [5, 5.41) is 3.67. The highest BCUT2D eigenvalue weighted by Gasteiger charge is 2.42. The van der Waals surface area contributed by atoms with Gasteiger partial charge in [-0.2, -0.15) is 0 Å². The van der Waals surface area contributed by atoms with Crippen LogP contribution in [-0.4, -0.2) is 26.9 Å². The van der Waals surface area contributed by atoms with E-state index in [1.54, 1.807) is 30.6 Å². The van der Waals surface area contributed by atoms with Gasteiger partial charge in [-0.25, -0.2) is 4.98 Å². The van der Waals surface area contributed by atoms with Crippen molar-refractivity contribution in [2.24, 2.45) is 0 Å². The molecule has 1 aromatic carbocycles. The summed E-state index contributed by atoms with van der Waals surface area (Å²) in [7, 11) is 0. The fourth-order valence-electron chi connectivity index (χ4n) is 4.08. The largest absolute Gasteiger partial charge is 0.479 e. The van der Waals surface area contributed by atoms with E-state index >= 15 is 0 Å². The summed E-state index contributed by atoms with van der Waals surface area (Å²) < 4.78 is 6.45. The normalized spacial score (nSPS) is 21.3. The molecular weight excluding hydrogens is 380 g/mol. The second-order valence-corrected chi connectivity index (χ2v) is 7.80. The van der Waals surface area contributed by atoms with Gasteiger partial charge in [0.1, 0.15) is 5.75 Å². The summed E-state index contributed by atoms with van der Waals surface area (Å²) in [5.41, 5.74) is -0.296. The Labute approximate surface area is 174 Å². The minimum atomic E-state index is -0.767. The molecule has 1 amide bonds. The Balaban J connectivity index is 1.66. The Bertz CT molecular complexity index is 1070. The van der Waals surface area contributed by atoms with Crippen molar-refractivity contribution in [2.75, 3.05) is 0 Å². The summed E-state index contributed by atoms with van der Waals surface area (Å²) in [5.74, 6) is 1.29. The van der Waals surface area contributed by atoms with Crippen LogP contribution in [0, 0.1) is 0 Å². The molecule has 3 aromatic rings. The van der Waals surface area contributed by atoms with Crippen molar-refractivity contribution >= 4 is 16.8 Å². The third kappa shape index (κ3) is 4.20. The summed E-state index contributed by atoms with van der Waals surface area (Å²) >= 11 is 0. The Morgan fingerprint density at radius 1 is 1.20 bits per heavy atom. The Hall–Kier alpha value is -3.22. The first-order chi connectivity index (χ1) is 14.6. The maximum Gasteiger partial charge on any atom is 0.258 e. The molecule has 1 saturated carbocycles. The van der Waals surface area contributed by atoms with Gasteiger partial charge in [0.05, 0.1) is 10.9 Å². The van der Waals surface area contributed by atoms with Gasteiger partial charge < -0.3 is 15.0 Å². The van der Waals surface area contributed by atoms with Crippen molar-refractivity contribution in [2.45, 2.75) is 57.1 Å². The van der Waals surface area contributed by atoms with E-state index in [1.807, 2.05) is 25.1 Å². The Kier molecular flexibility index (Phi) is 5.79. The number of benzene rings is 1. The number of aromatic nitrogens is 3. The molecule has 30 heavy (non-hydrogen) atoms. The molecule has 7 heteroatoms. The maximum atomic E-state index is 12.7. The number of hydrogen-bond donors (Lipinski definition) is 2. The highest BCUT2D eigenvalue weighted by atomic mass is 16.5. The molecule has 7 nitrogen and oxygen atoms in total. The van der Waals surface area contributed by atoms with Gasteiger partial charge in [0.15, 0.2) is 11.4 Å². The summed E-state index contributed by atoms with van der Waals surface area (Å²) in [4.78, 5) is 36.5. The van der Waals surface area contributed by atoms with Crippen LogP contribution in [0.25, 0.3) is 10.9 Å². The molecule has 1 fully saturated rings. The number of nitrogens with zero attached hydrogens (tertiary/aromatic N) is 2. The van der Waals surface area contributed by atoms with Gasteiger partial charge in [-0.1, -0.05) is 19.1 Å². The molecule has 2 aromatic heterocycles. The van der Waals surface area contributed by atoms with Crippen LogP contribution >= 0.6 is 0 Å². The average Bonchev–Trinajstić information content (AvgIpc) is 2.76. The first-order valence-corrected chi connectivity index (χ1v) is 10.5. The maximum absolute atomic E-state index is 12.7. The summed E-state index contributed by atoms with van der Waals surface area (Å²) in [6, 6.07) is 11.0. The number of amides is 1. The van der Waals surface area contributed by atoms with Gasteiger partial charge in [0, 0.05) is 24.9 Å². The smallest absolute Gasteiger partial charge is 0.258 e. The monoisotopic (exact) mass is 406 g/mol. The zero-order valence-corrected chi connectivity index (χ0v) is 17.1. The molecule has 0 radical (unpaired) electrons.